The predicted molar refractivity (Wildman–Crippen MR) is 57.5 cm³/mol. The van der Waals surface area contributed by atoms with E-state index in [0.29, 0.717) is 36.2 Å². The molecule has 1 heterocycles. The summed E-state index contributed by atoms with van der Waals surface area (Å²) in [6.07, 6.45) is 6.61. The third kappa shape index (κ3) is 1.45. The Morgan fingerprint density at radius 1 is 1.20 bits per heavy atom. The molecule has 5 unspecified atom stereocenters. The van der Waals surface area contributed by atoms with Crippen LogP contribution in [0.4, 0.5) is 0 Å². The maximum absolute atomic E-state index is 12.3. The highest BCUT2D eigenvalue weighted by Gasteiger charge is 2.49. The molecule has 2 aliphatic carbocycles. The summed E-state index contributed by atoms with van der Waals surface area (Å²) >= 11 is 0. The van der Waals surface area contributed by atoms with Gasteiger partial charge in [-0.15, -0.1) is 0 Å². The van der Waals surface area contributed by atoms with Gasteiger partial charge in [0.25, 0.3) is 0 Å². The summed E-state index contributed by atoms with van der Waals surface area (Å²) in [5.41, 5.74) is 0. The Morgan fingerprint density at radius 3 is 2.87 bits per heavy atom. The second kappa shape index (κ2) is 3.58. The quantitative estimate of drug-likeness (QED) is 0.611. The first-order valence-corrected chi connectivity index (χ1v) is 6.42. The van der Waals surface area contributed by atoms with Gasteiger partial charge in [0.1, 0.15) is 5.78 Å². The Bertz CT molecular complexity index is 268. The van der Waals surface area contributed by atoms with E-state index in [1.54, 1.807) is 0 Å². The summed E-state index contributed by atoms with van der Waals surface area (Å²) in [6.45, 7) is 2.84. The normalized spacial score (nSPS) is 49.9. The zero-order valence-corrected chi connectivity index (χ0v) is 9.45. The Kier molecular flexibility index (Phi) is 2.35. The monoisotopic (exact) mass is 208 g/mol. The lowest BCUT2D eigenvalue weighted by molar-refractivity contribution is -0.134. The number of hydrogen-bond donors (Lipinski definition) is 0. The highest BCUT2D eigenvalue weighted by atomic mass is 16.5. The molecule has 0 aromatic rings. The van der Waals surface area contributed by atoms with Gasteiger partial charge in [0, 0.05) is 11.8 Å². The molecule has 2 saturated carbocycles. The zero-order valence-electron chi connectivity index (χ0n) is 9.45. The lowest BCUT2D eigenvalue weighted by atomic mass is 9.62. The Hall–Kier alpha value is -0.370. The van der Waals surface area contributed by atoms with Gasteiger partial charge in [0.05, 0.1) is 12.7 Å². The molecule has 5 atom stereocenters. The number of hydrogen-bond acceptors (Lipinski definition) is 2. The molecule has 0 amide bonds. The molecule has 1 saturated heterocycles. The molecule has 3 fully saturated rings. The third-order valence-corrected chi connectivity index (χ3v) is 4.87. The molecule has 0 bridgehead atoms. The molecular formula is C13H20O2. The Morgan fingerprint density at radius 2 is 2.00 bits per heavy atom. The van der Waals surface area contributed by atoms with Crippen molar-refractivity contribution in [2.75, 3.05) is 6.61 Å². The Labute approximate surface area is 91.4 Å². The van der Waals surface area contributed by atoms with E-state index in [2.05, 4.69) is 6.92 Å². The minimum atomic E-state index is 0.249. The predicted octanol–water partition coefficient (Wildman–Crippen LogP) is 2.42. The van der Waals surface area contributed by atoms with Gasteiger partial charge in [0.2, 0.25) is 0 Å². The van der Waals surface area contributed by atoms with E-state index in [0.717, 1.165) is 6.42 Å². The fourth-order valence-corrected chi connectivity index (χ4v) is 3.97. The van der Waals surface area contributed by atoms with Crippen LogP contribution in [-0.4, -0.2) is 18.5 Å². The van der Waals surface area contributed by atoms with Crippen molar-refractivity contribution < 1.29 is 9.53 Å². The van der Waals surface area contributed by atoms with E-state index in [4.69, 9.17) is 4.74 Å². The summed E-state index contributed by atoms with van der Waals surface area (Å²) < 4.78 is 5.66. The zero-order chi connectivity index (χ0) is 10.4. The van der Waals surface area contributed by atoms with Gasteiger partial charge < -0.3 is 4.74 Å². The van der Waals surface area contributed by atoms with Gasteiger partial charge in [-0.3, -0.25) is 4.79 Å². The van der Waals surface area contributed by atoms with E-state index in [-0.39, 0.29) is 5.92 Å². The van der Waals surface area contributed by atoms with Crippen LogP contribution in [0.5, 0.6) is 0 Å². The first kappa shape index (κ1) is 9.83. The molecule has 1 aliphatic heterocycles. The molecule has 0 aromatic carbocycles. The minimum absolute atomic E-state index is 0.249. The van der Waals surface area contributed by atoms with Crippen molar-refractivity contribution in [3.05, 3.63) is 0 Å². The van der Waals surface area contributed by atoms with Crippen LogP contribution in [-0.2, 0) is 9.53 Å². The number of ether oxygens (including phenoxy) is 1. The highest BCUT2D eigenvalue weighted by molar-refractivity contribution is 5.85. The van der Waals surface area contributed by atoms with Crippen LogP contribution in [0.3, 0.4) is 0 Å². The van der Waals surface area contributed by atoms with Gasteiger partial charge in [-0.05, 0) is 38.0 Å². The van der Waals surface area contributed by atoms with Crippen molar-refractivity contribution in [1.29, 1.82) is 0 Å². The third-order valence-electron chi connectivity index (χ3n) is 4.87. The summed E-state index contributed by atoms with van der Waals surface area (Å²) in [4.78, 5) is 12.3. The molecule has 0 radical (unpaired) electrons. The van der Waals surface area contributed by atoms with E-state index >= 15 is 0 Å². The van der Waals surface area contributed by atoms with Crippen LogP contribution in [0.1, 0.15) is 39.0 Å². The number of fused-ring (bicyclic) bond motifs is 2. The number of Topliss-reactive ketones (excluding diaryl/α,β-unsaturated/α-hetero) is 1. The standard InChI is InChI=1S/C13H20O2/c1-8-11-6-9-4-2-3-5-10(9)13(14)12(11)7-15-8/h8-12H,2-7H2,1H3. The van der Waals surface area contributed by atoms with Crippen molar-refractivity contribution in [2.45, 2.75) is 45.1 Å². The number of carbonyl (C=O) groups excluding carboxylic acids is 1. The fourth-order valence-electron chi connectivity index (χ4n) is 3.97. The average molecular weight is 208 g/mol. The minimum Gasteiger partial charge on any atom is -0.377 e. The van der Waals surface area contributed by atoms with Crippen LogP contribution in [0, 0.1) is 23.7 Å². The van der Waals surface area contributed by atoms with Crippen molar-refractivity contribution in [3.8, 4) is 0 Å². The van der Waals surface area contributed by atoms with E-state index < -0.39 is 0 Å². The van der Waals surface area contributed by atoms with E-state index in [9.17, 15) is 4.79 Å². The van der Waals surface area contributed by atoms with Crippen LogP contribution >= 0.6 is 0 Å². The first-order chi connectivity index (χ1) is 7.27. The molecule has 15 heavy (non-hydrogen) atoms. The Balaban J connectivity index is 1.83. The lowest BCUT2D eigenvalue weighted by Crippen LogP contribution is -2.42. The largest absolute Gasteiger partial charge is 0.377 e. The maximum Gasteiger partial charge on any atom is 0.141 e. The summed E-state index contributed by atoms with van der Waals surface area (Å²) in [7, 11) is 0. The molecule has 3 aliphatic rings. The van der Waals surface area contributed by atoms with Gasteiger partial charge >= 0.3 is 0 Å². The fraction of sp³-hybridized carbons (Fsp3) is 0.923. The number of ketones is 1. The molecule has 2 nitrogen and oxygen atoms in total. The summed E-state index contributed by atoms with van der Waals surface area (Å²) in [5, 5.41) is 0. The molecule has 84 valence electrons. The van der Waals surface area contributed by atoms with Crippen molar-refractivity contribution in [1.82, 2.24) is 0 Å². The van der Waals surface area contributed by atoms with Crippen LogP contribution < -0.4 is 0 Å². The first-order valence-electron chi connectivity index (χ1n) is 6.42. The summed E-state index contributed by atoms with van der Waals surface area (Å²) in [6, 6.07) is 0. The lowest BCUT2D eigenvalue weighted by Gasteiger charge is -2.40. The van der Waals surface area contributed by atoms with Crippen molar-refractivity contribution in [2.24, 2.45) is 23.7 Å². The number of carbonyl (C=O) groups is 1. The average Bonchev–Trinajstić information content (AvgIpc) is 2.62. The molecular weight excluding hydrogens is 188 g/mol. The molecule has 0 aromatic heterocycles. The van der Waals surface area contributed by atoms with Crippen LogP contribution in [0.2, 0.25) is 0 Å². The second-order valence-corrected chi connectivity index (χ2v) is 5.60. The molecule has 2 heteroatoms. The van der Waals surface area contributed by atoms with E-state index in [1.807, 2.05) is 0 Å². The number of rotatable bonds is 0. The van der Waals surface area contributed by atoms with Crippen molar-refractivity contribution in [3.63, 3.8) is 0 Å². The van der Waals surface area contributed by atoms with Gasteiger partial charge in [-0.25, -0.2) is 0 Å². The van der Waals surface area contributed by atoms with Gasteiger partial charge in [-0.1, -0.05) is 12.8 Å². The molecule has 0 N–H and O–H groups in total. The topological polar surface area (TPSA) is 26.3 Å². The van der Waals surface area contributed by atoms with Crippen molar-refractivity contribution >= 4 is 5.78 Å². The van der Waals surface area contributed by atoms with E-state index in [1.165, 1.54) is 25.7 Å². The summed E-state index contributed by atoms with van der Waals surface area (Å²) in [5.74, 6) is 2.42. The van der Waals surface area contributed by atoms with Gasteiger partial charge in [-0.2, -0.15) is 0 Å². The van der Waals surface area contributed by atoms with Gasteiger partial charge in [0.15, 0.2) is 0 Å². The molecule has 0 spiro atoms. The highest BCUT2D eigenvalue weighted by Crippen LogP contribution is 2.47. The second-order valence-electron chi connectivity index (χ2n) is 5.60. The van der Waals surface area contributed by atoms with Crippen LogP contribution in [0.25, 0.3) is 0 Å². The maximum atomic E-state index is 12.3. The molecule has 3 rings (SSSR count). The smallest absolute Gasteiger partial charge is 0.141 e. The SMILES string of the molecule is CC1OCC2C(=O)C3CCCCC3CC12. The van der Waals surface area contributed by atoms with Crippen LogP contribution in [0.15, 0.2) is 0 Å².